The Hall–Kier alpha value is -2.80. The number of hydrogen-bond acceptors (Lipinski definition) is 4. The summed E-state index contributed by atoms with van der Waals surface area (Å²) in [7, 11) is 0. The van der Waals surface area contributed by atoms with Crippen LogP contribution in [0.5, 0.6) is 0 Å². The molecule has 1 fully saturated rings. The number of anilines is 1. The van der Waals surface area contributed by atoms with Crippen molar-refractivity contribution in [1.82, 2.24) is 5.32 Å². The zero-order valence-corrected chi connectivity index (χ0v) is 16.5. The van der Waals surface area contributed by atoms with Gasteiger partial charge in [-0.1, -0.05) is 29.8 Å². The Morgan fingerprint density at radius 2 is 1.86 bits per heavy atom. The molecule has 1 aliphatic heterocycles. The van der Waals surface area contributed by atoms with Gasteiger partial charge < -0.3 is 15.3 Å². The van der Waals surface area contributed by atoms with Crippen LogP contribution < -0.4 is 10.2 Å². The lowest BCUT2D eigenvalue weighted by Crippen LogP contribution is -2.41. The van der Waals surface area contributed by atoms with Gasteiger partial charge in [-0.3, -0.25) is 14.4 Å². The minimum atomic E-state index is -0.945. The maximum absolute atomic E-state index is 12.8. The first kappa shape index (κ1) is 19.9. The van der Waals surface area contributed by atoms with E-state index in [1.54, 1.807) is 36.1 Å². The second kappa shape index (κ2) is 8.48. The zero-order valence-electron chi connectivity index (χ0n) is 15.7. The van der Waals surface area contributed by atoms with Crippen molar-refractivity contribution in [1.29, 1.82) is 0 Å². The first-order valence-electron chi connectivity index (χ1n) is 9.04. The number of carbonyl (C=O) groups is 3. The predicted molar refractivity (Wildman–Crippen MR) is 109 cm³/mol. The third kappa shape index (κ3) is 4.36. The smallest absolute Gasteiger partial charge is 0.316 e. The van der Waals surface area contributed by atoms with Crippen LogP contribution in [0.25, 0.3) is 0 Å². The molecule has 2 amide bonds. The number of carboxylic acid groups (broad SMARTS) is 1. The Balaban J connectivity index is 1.71. The van der Waals surface area contributed by atoms with Gasteiger partial charge >= 0.3 is 5.97 Å². The molecule has 0 saturated carbocycles. The average molecular weight is 398 g/mol. The van der Waals surface area contributed by atoms with E-state index in [2.05, 4.69) is 5.32 Å². The summed E-state index contributed by atoms with van der Waals surface area (Å²) >= 11 is 1.11. The quantitative estimate of drug-likeness (QED) is 0.730. The van der Waals surface area contributed by atoms with Crippen molar-refractivity contribution in [2.24, 2.45) is 0 Å². The van der Waals surface area contributed by atoms with Crippen LogP contribution >= 0.6 is 11.8 Å². The summed E-state index contributed by atoms with van der Waals surface area (Å²) in [6.45, 7) is 4.10. The molecule has 2 aromatic rings. The number of rotatable bonds is 6. The highest BCUT2D eigenvalue weighted by Gasteiger charge is 2.34. The number of hydrogen-bond donors (Lipinski definition) is 2. The van der Waals surface area contributed by atoms with Gasteiger partial charge in [-0.15, -0.1) is 11.8 Å². The summed E-state index contributed by atoms with van der Waals surface area (Å²) in [6.07, 6.45) is 0.527. The Bertz CT molecular complexity index is 898. The van der Waals surface area contributed by atoms with E-state index >= 15 is 0 Å². The summed E-state index contributed by atoms with van der Waals surface area (Å²) in [5.41, 5.74) is 2.31. The van der Waals surface area contributed by atoms with Gasteiger partial charge in [-0.05, 0) is 44.5 Å². The number of thioether (sulfide) groups is 1. The molecule has 1 saturated heterocycles. The maximum atomic E-state index is 12.8. The molecule has 28 heavy (non-hydrogen) atoms. The molecule has 0 bridgehead atoms. The third-order valence-corrected chi connectivity index (χ3v) is 5.80. The van der Waals surface area contributed by atoms with Gasteiger partial charge in [-0.25, -0.2) is 0 Å². The van der Waals surface area contributed by atoms with Gasteiger partial charge in [0, 0.05) is 17.1 Å². The summed E-state index contributed by atoms with van der Waals surface area (Å²) in [5, 5.41) is 11.2. The summed E-state index contributed by atoms with van der Waals surface area (Å²) < 4.78 is 0. The lowest BCUT2D eigenvalue weighted by Gasteiger charge is -2.18. The standard InChI is InChI=1S/C21H22N2O4S/c1-13-7-9-15(10-8-13)23-12-11-17(20(23)25)22-19(24)16-5-3-4-6-18(16)28-14(2)21(26)27/h3-10,14,17H,11-12H2,1-2H3,(H,22,24)(H,26,27). The van der Waals surface area contributed by atoms with E-state index in [0.29, 0.717) is 23.4 Å². The number of nitrogens with zero attached hydrogens (tertiary/aromatic N) is 1. The molecule has 6 nitrogen and oxygen atoms in total. The molecule has 0 radical (unpaired) electrons. The highest BCUT2D eigenvalue weighted by Crippen LogP contribution is 2.28. The molecule has 7 heteroatoms. The van der Waals surface area contributed by atoms with Crippen molar-refractivity contribution in [3.05, 3.63) is 59.7 Å². The first-order valence-corrected chi connectivity index (χ1v) is 9.92. The Morgan fingerprint density at radius 3 is 2.54 bits per heavy atom. The lowest BCUT2D eigenvalue weighted by atomic mass is 10.2. The monoisotopic (exact) mass is 398 g/mol. The van der Waals surface area contributed by atoms with Crippen molar-refractivity contribution >= 4 is 35.2 Å². The van der Waals surface area contributed by atoms with E-state index in [1.807, 2.05) is 31.2 Å². The predicted octanol–water partition coefficient (Wildman–Crippen LogP) is 3.10. The third-order valence-electron chi connectivity index (χ3n) is 4.64. The van der Waals surface area contributed by atoms with Crippen molar-refractivity contribution in [2.75, 3.05) is 11.4 Å². The van der Waals surface area contributed by atoms with Crippen LogP contribution in [0.15, 0.2) is 53.4 Å². The second-order valence-electron chi connectivity index (χ2n) is 6.73. The zero-order chi connectivity index (χ0) is 20.3. The molecule has 0 aliphatic carbocycles. The summed E-state index contributed by atoms with van der Waals surface area (Å²) in [6, 6.07) is 13.9. The lowest BCUT2D eigenvalue weighted by molar-refractivity contribution is -0.136. The van der Waals surface area contributed by atoms with E-state index in [4.69, 9.17) is 5.11 Å². The molecule has 0 aromatic heterocycles. The molecule has 2 atom stereocenters. The van der Waals surface area contributed by atoms with Gasteiger partial charge in [0.25, 0.3) is 5.91 Å². The molecular formula is C21H22N2O4S. The number of aliphatic carboxylic acids is 1. The van der Waals surface area contributed by atoms with Crippen LogP contribution in [0, 0.1) is 6.92 Å². The van der Waals surface area contributed by atoms with Gasteiger partial charge in [0.2, 0.25) is 5.91 Å². The fraction of sp³-hybridized carbons (Fsp3) is 0.286. The van der Waals surface area contributed by atoms with Gasteiger partial charge in [0.15, 0.2) is 0 Å². The molecule has 2 N–H and O–H groups in total. The minimum Gasteiger partial charge on any atom is -0.480 e. The SMILES string of the molecule is Cc1ccc(N2CCC(NC(=O)c3ccccc3SC(C)C(=O)O)C2=O)cc1. The topological polar surface area (TPSA) is 86.7 Å². The molecule has 1 heterocycles. The molecular weight excluding hydrogens is 376 g/mol. The van der Waals surface area contributed by atoms with E-state index in [1.165, 1.54) is 0 Å². The number of benzene rings is 2. The number of nitrogens with one attached hydrogen (secondary N) is 1. The van der Waals surface area contributed by atoms with Crippen LogP contribution in [0.3, 0.4) is 0 Å². The van der Waals surface area contributed by atoms with E-state index in [-0.39, 0.29) is 11.8 Å². The first-order chi connectivity index (χ1) is 13.4. The summed E-state index contributed by atoms with van der Waals surface area (Å²) in [5.74, 6) is -1.45. The van der Waals surface area contributed by atoms with Crippen LogP contribution in [0.4, 0.5) is 5.69 Å². The number of carboxylic acids is 1. The van der Waals surface area contributed by atoms with Crippen LogP contribution in [0.2, 0.25) is 0 Å². The van der Waals surface area contributed by atoms with E-state index in [0.717, 1.165) is 23.0 Å². The molecule has 146 valence electrons. The minimum absolute atomic E-state index is 0.138. The number of amides is 2. The Kier molecular flexibility index (Phi) is 6.04. The van der Waals surface area contributed by atoms with Crippen molar-refractivity contribution in [3.63, 3.8) is 0 Å². The highest BCUT2D eigenvalue weighted by molar-refractivity contribution is 8.00. The molecule has 0 spiro atoms. The fourth-order valence-electron chi connectivity index (χ4n) is 3.03. The van der Waals surface area contributed by atoms with Crippen LogP contribution in [0.1, 0.15) is 29.3 Å². The average Bonchev–Trinajstić information content (AvgIpc) is 3.03. The van der Waals surface area contributed by atoms with Gasteiger partial charge in [-0.2, -0.15) is 0 Å². The van der Waals surface area contributed by atoms with E-state index in [9.17, 15) is 14.4 Å². The normalized spacial score (nSPS) is 17.4. The maximum Gasteiger partial charge on any atom is 0.316 e. The number of carbonyl (C=O) groups excluding carboxylic acids is 2. The largest absolute Gasteiger partial charge is 0.480 e. The van der Waals surface area contributed by atoms with Crippen LogP contribution in [-0.2, 0) is 9.59 Å². The second-order valence-corrected chi connectivity index (χ2v) is 8.12. The molecule has 2 unspecified atom stereocenters. The van der Waals surface area contributed by atoms with E-state index < -0.39 is 17.3 Å². The van der Waals surface area contributed by atoms with Crippen molar-refractivity contribution < 1.29 is 19.5 Å². The fourth-order valence-corrected chi connectivity index (χ4v) is 3.96. The summed E-state index contributed by atoms with van der Waals surface area (Å²) in [4.78, 5) is 38.9. The van der Waals surface area contributed by atoms with Gasteiger partial charge in [0.05, 0.1) is 5.56 Å². The number of aryl methyl sites for hydroxylation is 1. The molecule has 3 rings (SSSR count). The molecule has 1 aliphatic rings. The highest BCUT2D eigenvalue weighted by atomic mass is 32.2. The van der Waals surface area contributed by atoms with Crippen molar-refractivity contribution in [3.8, 4) is 0 Å². The molecule has 2 aromatic carbocycles. The Morgan fingerprint density at radius 1 is 1.18 bits per heavy atom. The van der Waals surface area contributed by atoms with Crippen molar-refractivity contribution in [2.45, 2.75) is 36.5 Å². The van der Waals surface area contributed by atoms with Gasteiger partial charge in [0.1, 0.15) is 11.3 Å². The van der Waals surface area contributed by atoms with Crippen LogP contribution in [-0.4, -0.2) is 40.7 Å². The Labute approximate surface area is 167 Å².